The predicted octanol–water partition coefficient (Wildman–Crippen LogP) is 2.50. The van der Waals surface area contributed by atoms with E-state index in [1.165, 1.54) is 6.21 Å². The van der Waals surface area contributed by atoms with Crippen LogP contribution in [0.2, 0.25) is 0 Å². The molecule has 2 aromatic rings. The van der Waals surface area contributed by atoms with Gasteiger partial charge < -0.3 is 19.9 Å². The number of amides is 2. The second-order valence-electron chi connectivity index (χ2n) is 5.93. The number of benzene rings is 2. The average molecular weight is 399 g/mol. The fourth-order valence-electron chi connectivity index (χ4n) is 2.34. The van der Waals surface area contributed by atoms with Crippen molar-refractivity contribution >= 4 is 18.0 Å². The molecule has 0 saturated carbocycles. The molecule has 29 heavy (non-hydrogen) atoms. The highest BCUT2D eigenvalue weighted by Crippen LogP contribution is 2.28. The van der Waals surface area contributed by atoms with Crippen LogP contribution in [0.25, 0.3) is 0 Å². The third-order valence-corrected chi connectivity index (χ3v) is 3.63. The molecule has 0 aromatic heterocycles. The molecular formula is C21H25N3O5. The Bertz CT molecular complexity index is 867. The molecule has 2 aromatic carbocycles. The first kappa shape index (κ1) is 21.7. The van der Waals surface area contributed by atoms with Crippen LogP contribution < -0.4 is 25.4 Å². The molecule has 0 atom stereocenters. The van der Waals surface area contributed by atoms with Gasteiger partial charge in [-0.15, -0.1) is 0 Å². The molecular weight excluding hydrogens is 374 g/mol. The largest absolute Gasteiger partial charge is 0.490 e. The van der Waals surface area contributed by atoms with Crippen LogP contribution in [0.1, 0.15) is 36.2 Å². The predicted molar refractivity (Wildman–Crippen MR) is 110 cm³/mol. The number of rotatable bonds is 11. The third-order valence-electron chi connectivity index (χ3n) is 3.63. The summed E-state index contributed by atoms with van der Waals surface area (Å²) in [5.74, 6) is 0.540. The van der Waals surface area contributed by atoms with Gasteiger partial charge in [-0.05, 0) is 43.7 Å². The van der Waals surface area contributed by atoms with E-state index in [1.54, 1.807) is 42.5 Å². The SMILES string of the molecule is CCCOc1ccc(C(=O)N/N=C/c2ccccc2OCC(N)=O)cc1OCC. The number of carbonyl (C=O) groups is 2. The summed E-state index contributed by atoms with van der Waals surface area (Å²) in [7, 11) is 0. The number of hydrogen-bond donors (Lipinski definition) is 2. The fraction of sp³-hybridized carbons (Fsp3) is 0.286. The van der Waals surface area contributed by atoms with Crippen molar-refractivity contribution in [3.63, 3.8) is 0 Å². The summed E-state index contributed by atoms with van der Waals surface area (Å²) >= 11 is 0. The minimum atomic E-state index is -0.582. The minimum absolute atomic E-state index is 0.246. The highest BCUT2D eigenvalue weighted by molar-refractivity contribution is 5.95. The zero-order valence-electron chi connectivity index (χ0n) is 16.5. The Labute approximate surface area is 169 Å². The lowest BCUT2D eigenvalue weighted by atomic mass is 10.2. The van der Waals surface area contributed by atoms with Crippen LogP contribution >= 0.6 is 0 Å². The van der Waals surface area contributed by atoms with Gasteiger partial charge in [-0.3, -0.25) is 9.59 Å². The van der Waals surface area contributed by atoms with Crippen LogP contribution in [0.4, 0.5) is 0 Å². The van der Waals surface area contributed by atoms with Crippen molar-refractivity contribution in [2.75, 3.05) is 19.8 Å². The van der Waals surface area contributed by atoms with Crippen LogP contribution in [-0.2, 0) is 4.79 Å². The number of para-hydroxylation sites is 1. The Kier molecular flexibility index (Phi) is 8.50. The summed E-state index contributed by atoms with van der Waals surface area (Å²) < 4.78 is 16.5. The van der Waals surface area contributed by atoms with E-state index in [0.29, 0.717) is 41.6 Å². The van der Waals surface area contributed by atoms with E-state index in [9.17, 15) is 9.59 Å². The number of carbonyl (C=O) groups excluding carboxylic acids is 2. The van der Waals surface area contributed by atoms with Crippen LogP contribution in [-0.4, -0.2) is 37.8 Å². The second-order valence-corrected chi connectivity index (χ2v) is 5.93. The Morgan fingerprint density at radius 2 is 1.83 bits per heavy atom. The summed E-state index contributed by atoms with van der Waals surface area (Å²) in [6.07, 6.45) is 2.30. The maximum atomic E-state index is 12.4. The van der Waals surface area contributed by atoms with Crippen molar-refractivity contribution in [3.8, 4) is 17.2 Å². The fourth-order valence-corrected chi connectivity index (χ4v) is 2.34. The van der Waals surface area contributed by atoms with E-state index in [1.807, 2.05) is 13.8 Å². The zero-order valence-corrected chi connectivity index (χ0v) is 16.5. The summed E-state index contributed by atoms with van der Waals surface area (Å²) in [6.45, 7) is 4.64. The van der Waals surface area contributed by atoms with Crippen LogP contribution in [0.15, 0.2) is 47.6 Å². The molecule has 0 aliphatic carbocycles. The standard InChI is InChI=1S/C21H25N3O5/c1-3-11-28-18-10-9-15(12-19(18)27-4-2)21(26)24-23-13-16-7-5-6-8-17(16)29-14-20(22)25/h5-10,12-13H,3-4,11,14H2,1-2H3,(H2,22,25)(H,24,26)/b23-13+. The van der Waals surface area contributed by atoms with Crippen molar-refractivity contribution in [3.05, 3.63) is 53.6 Å². The third kappa shape index (κ3) is 6.84. The lowest BCUT2D eigenvalue weighted by Gasteiger charge is -2.12. The van der Waals surface area contributed by atoms with E-state index in [-0.39, 0.29) is 6.61 Å². The van der Waals surface area contributed by atoms with Gasteiger partial charge in [0.2, 0.25) is 0 Å². The van der Waals surface area contributed by atoms with Gasteiger partial charge in [0.15, 0.2) is 18.1 Å². The molecule has 3 N–H and O–H groups in total. The van der Waals surface area contributed by atoms with Gasteiger partial charge in [0.05, 0.1) is 19.4 Å². The number of ether oxygens (including phenoxy) is 3. The highest BCUT2D eigenvalue weighted by atomic mass is 16.5. The van der Waals surface area contributed by atoms with Crippen molar-refractivity contribution < 1.29 is 23.8 Å². The highest BCUT2D eigenvalue weighted by Gasteiger charge is 2.11. The lowest BCUT2D eigenvalue weighted by molar-refractivity contribution is -0.119. The molecule has 0 aliphatic rings. The van der Waals surface area contributed by atoms with Gasteiger partial charge in [-0.1, -0.05) is 19.1 Å². The van der Waals surface area contributed by atoms with Gasteiger partial charge in [0.1, 0.15) is 5.75 Å². The Hall–Kier alpha value is -3.55. The number of primary amides is 1. The van der Waals surface area contributed by atoms with Crippen molar-refractivity contribution in [1.29, 1.82) is 0 Å². The smallest absolute Gasteiger partial charge is 0.271 e. The van der Waals surface area contributed by atoms with Gasteiger partial charge in [0, 0.05) is 11.1 Å². The quantitative estimate of drug-likeness (QED) is 0.445. The molecule has 0 heterocycles. The summed E-state index contributed by atoms with van der Waals surface area (Å²) in [5.41, 5.74) is 8.52. The molecule has 0 bridgehead atoms. The maximum Gasteiger partial charge on any atom is 0.271 e. The van der Waals surface area contributed by atoms with Crippen LogP contribution in [0.5, 0.6) is 17.2 Å². The molecule has 0 spiro atoms. The van der Waals surface area contributed by atoms with E-state index < -0.39 is 11.8 Å². The van der Waals surface area contributed by atoms with E-state index in [0.717, 1.165) is 6.42 Å². The molecule has 0 aliphatic heterocycles. The molecule has 154 valence electrons. The molecule has 0 fully saturated rings. The van der Waals surface area contributed by atoms with Gasteiger partial charge in [-0.2, -0.15) is 5.10 Å². The second kappa shape index (κ2) is 11.3. The summed E-state index contributed by atoms with van der Waals surface area (Å²) in [4.78, 5) is 23.3. The topological polar surface area (TPSA) is 112 Å². The van der Waals surface area contributed by atoms with E-state index in [4.69, 9.17) is 19.9 Å². The maximum absolute atomic E-state index is 12.4. The van der Waals surface area contributed by atoms with Gasteiger partial charge >= 0.3 is 0 Å². The molecule has 0 saturated heterocycles. The first-order chi connectivity index (χ1) is 14.0. The van der Waals surface area contributed by atoms with Crippen molar-refractivity contribution in [2.45, 2.75) is 20.3 Å². The molecule has 8 heteroatoms. The molecule has 2 rings (SSSR count). The number of hydrogen-bond acceptors (Lipinski definition) is 6. The van der Waals surface area contributed by atoms with Crippen LogP contribution in [0.3, 0.4) is 0 Å². The number of nitrogens with one attached hydrogen (secondary N) is 1. The zero-order chi connectivity index (χ0) is 21.1. The normalized spacial score (nSPS) is 10.6. The van der Waals surface area contributed by atoms with Crippen LogP contribution in [0, 0.1) is 0 Å². The van der Waals surface area contributed by atoms with E-state index >= 15 is 0 Å². The molecule has 8 nitrogen and oxygen atoms in total. The Morgan fingerprint density at radius 3 is 2.55 bits per heavy atom. The van der Waals surface area contributed by atoms with Gasteiger partial charge in [-0.25, -0.2) is 5.43 Å². The minimum Gasteiger partial charge on any atom is -0.490 e. The number of nitrogens with zero attached hydrogens (tertiary/aromatic N) is 1. The molecule has 2 amide bonds. The van der Waals surface area contributed by atoms with Crippen molar-refractivity contribution in [1.82, 2.24) is 5.43 Å². The lowest BCUT2D eigenvalue weighted by Crippen LogP contribution is -2.20. The monoisotopic (exact) mass is 399 g/mol. The van der Waals surface area contributed by atoms with E-state index in [2.05, 4.69) is 10.5 Å². The average Bonchev–Trinajstić information content (AvgIpc) is 2.72. The first-order valence-corrected chi connectivity index (χ1v) is 9.28. The summed E-state index contributed by atoms with van der Waals surface area (Å²) in [6, 6.07) is 11.9. The molecule has 0 radical (unpaired) electrons. The Balaban J connectivity index is 2.07. The Morgan fingerprint density at radius 1 is 1.03 bits per heavy atom. The molecule has 0 unspecified atom stereocenters. The number of nitrogens with two attached hydrogens (primary N) is 1. The summed E-state index contributed by atoms with van der Waals surface area (Å²) in [5, 5.41) is 3.96. The first-order valence-electron chi connectivity index (χ1n) is 9.28. The van der Waals surface area contributed by atoms with Gasteiger partial charge in [0.25, 0.3) is 11.8 Å². The number of hydrazone groups is 1. The van der Waals surface area contributed by atoms with Crippen molar-refractivity contribution in [2.24, 2.45) is 10.8 Å².